The molecule has 0 aliphatic rings. The largest absolute Gasteiger partial charge is 0.356 e. The highest BCUT2D eigenvalue weighted by atomic mass is 32.1. The first-order chi connectivity index (χ1) is 3.30. The van der Waals surface area contributed by atoms with Gasteiger partial charge in [0.05, 0.1) is 5.03 Å². The number of aromatic nitrogens is 1. The van der Waals surface area contributed by atoms with Crippen LogP contribution in [0.4, 0.5) is 4.70 Å². The van der Waals surface area contributed by atoms with Gasteiger partial charge in [0, 0.05) is 6.20 Å². The molecule has 0 aromatic carbocycles. The molecule has 1 heterocycles. The zero-order chi connectivity index (χ0) is 5.28. The summed E-state index contributed by atoms with van der Waals surface area (Å²) >= 11 is 4.09. The highest BCUT2D eigenvalue weighted by Gasteiger charge is 1.86. The minimum absolute atomic E-state index is 0. The van der Waals surface area contributed by atoms with Crippen LogP contribution in [0, 0.1) is 6.92 Å². The highest BCUT2D eigenvalue weighted by molar-refractivity contribution is 7.80. The smallest absolute Gasteiger partial charge is 0.0720 e. The Morgan fingerprint density at radius 1 is 1.62 bits per heavy atom. The molecule has 0 spiro atoms. The van der Waals surface area contributed by atoms with Crippen LogP contribution < -0.4 is 0 Å². The fourth-order valence-corrected chi connectivity index (χ4v) is 0.587. The third kappa shape index (κ3) is 1.26. The quantitative estimate of drug-likeness (QED) is 0.502. The molecule has 1 aromatic rings. The monoisotopic (exact) mass is 133 g/mol. The molecule has 0 unspecified atom stereocenters. The van der Waals surface area contributed by atoms with E-state index in [1.807, 2.05) is 19.2 Å². The van der Waals surface area contributed by atoms with Crippen LogP contribution in [0.5, 0.6) is 0 Å². The highest BCUT2D eigenvalue weighted by Crippen LogP contribution is 2.06. The normalized spacial score (nSPS) is 8.25. The van der Waals surface area contributed by atoms with E-state index in [1.54, 1.807) is 0 Å². The van der Waals surface area contributed by atoms with Crippen molar-refractivity contribution in [3.8, 4) is 0 Å². The Hall–Kier alpha value is -0.440. The maximum absolute atomic E-state index is 4.09. The standard InChI is InChI=1S/C5H7NS.FH/c1-4-2-3-6-5(4)7;/h2-3,6-7H,1H3;1H. The number of thiol groups is 1. The summed E-state index contributed by atoms with van der Waals surface area (Å²) in [5.74, 6) is 0. The molecule has 0 aliphatic carbocycles. The van der Waals surface area contributed by atoms with Gasteiger partial charge in [0.15, 0.2) is 0 Å². The minimum Gasteiger partial charge on any atom is -0.356 e. The van der Waals surface area contributed by atoms with Crippen LogP contribution in [0.3, 0.4) is 0 Å². The third-order valence-corrected chi connectivity index (χ3v) is 1.41. The predicted octanol–water partition coefficient (Wildman–Crippen LogP) is 1.76. The van der Waals surface area contributed by atoms with Crippen molar-refractivity contribution in [1.82, 2.24) is 4.98 Å². The van der Waals surface area contributed by atoms with Crippen LogP contribution in [0.2, 0.25) is 0 Å². The lowest BCUT2D eigenvalue weighted by atomic mass is 10.4. The van der Waals surface area contributed by atoms with Gasteiger partial charge in [-0.2, -0.15) is 0 Å². The SMILES string of the molecule is Cc1cc[nH]c1S.F. The number of hydrogen-bond acceptors (Lipinski definition) is 1. The zero-order valence-corrected chi connectivity index (χ0v) is 5.40. The molecule has 0 saturated carbocycles. The van der Waals surface area contributed by atoms with Gasteiger partial charge in [0.25, 0.3) is 0 Å². The van der Waals surface area contributed by atoms with Crippen molar-refractivity contribution in [2.75, 3.05) is 0 Å². The van der Waals surface area contributed by atoms with Crippen LogP contribution in [0.15, 0.2) is 17.3 Å². The molecule has 0 bridgehead atoms. The average Bonchev–Trinajstić information content (AvgIpc) is 1.91. The van der Waals surface area contributed by atoms with Gasteiger partial charge in [-0.15, -0.1) is 12.6 Å². The molecule has 46 valence electrons. The molecule has 3 heteroatoms. The fourth-order valence-electron chi connectivity index (χ4n) is 0.438. The van der Waals surface area contributed by atoms with E-state index in [4.69, 9.17) is 0 Å². The lowest BCUT2D eigenvalue weighted by molar-refractivity contribution is 1.11. The van der Waals surface area contributed by atoms with Crippen molar-refractivity contribution in [1.29, 1.82) is 0 Å². The summed E-state index contributed by atoms with van der Waals surface area (Å²) in [5.41, 5.74) is 1.20. The maximum atomic E-state index is 4.09. The molecule has 1 rings (SSSR count). The number of hydrogen-bond donors (Lipinski definition) is 2. The van der Waals surface area contributed by atoms with Gasteiger partial charge in [-0.1, -0.05) is 0 Å². The number of nitrogens with one attached hydrogen (secondary N) is 1. The zero-order valence-electron chi connectivity index (χ0n) is 4.51. The van der Waals surface area contributed by atoms with Gasteiger partial charge >= 0.3 is 0 Å². The predicted molar refractivity (Wildman–Crippen MR) is 35.3 cm³/mol. The summed E-state index contributed by atoms with van der Waals surface area (Å²) in [7, 11) is 0. The molecule has 1 nitrogen and oxygen atoms in total. The second-order valence-electron chi connectivity index (χ2n) is 1.51. The molecule has 1 aromatic heterocycles. The third-order valence-electron chi connectivity index (χ3n) is 0.927. The Kier molecular flexibility index (Phi) is 2.62. The molecule has 0 radical (unpaired) electrons. The Morgan fingerprint density at radius 3 is 2.38 bits per heavy atom. The van der Waals surface area contributed by atoms with Gasteiger partial charge < -0.3 is 4.98 Å². The lowest BCUT2D eigenvalue weighted by Crippen LogP contribution is -1.62. The Morgan fingerprint density at radius 2 is 2.25 bits per heavy atom. The van der Waals surface area contributed by atoms with Crippen molar-refractivity contribution < 1.29 is 4.70 Å². The number of rotatable bonds is 0. The summed E-state index contributed by atoms with van der Waals surface area (Å²) < 4.78 is 0. The summed E-state index contributed by atoms with van der Waals surface area (Å²) in [5, 5.41) is 0.958. The van der Waals surface area contributed by atoms with E-state index in [9.17, 15) is 0 Å². The number of aromatic amines is 1. The van der Waals surface area contributed by atoms with Crippen LogP contribution in [-0.2, 0) is 0 Å². The van der Waals surface area contributed by atoms with E-state index in [0.717, 1.165) is 5.03 Å². The number of halogens is 1. The van der Waals surface area contributed by atoms with Crippen molar-refractivity contribution in [3.05, 3.63) is 17.8 Å². The van der Waals surface area contributed by atoms with Crippen LogP contribution in [0.25, 0.3) is 0 Å². The van der Waals surface area contributed by atoms with Crippen molar-refractivity contribution in [2.24, 2.45) is 0 Å². The Balaban J connectivity index is 0.000000490. The van der Waals surface area contributed by atoms with E-state index in [1.165, 1.54) is 5.56 Å². The first-order valence-corrected chi connectivity index (χ1v) is 2.58. The van der Waals surface area contributed by atoms with Crippen LogP contribution in [0.1, 0.15) is 5.56 Å². The van der Waals surface area contributed by atoms with Crippen LogP contribution in [-0.4, -0.2) is 4.98 Å². The minimum atomic E-state index is 0. The summed E-state index contributed by atoms with van der Waals surface area (Å²) in [6, 6.07) is 1.99. The summed E-state index contributed by atoms with van der Waals surface area (Å²) in [6.07, 6.45) is 1.87. The summed E-state index contributed by atoms with van der Waals surface area (Å²) in [4.78, 5) is 2.93. The van der Waals surface area contributed by atoms with E-state index < -0.39 is 0 Å². The second-order valence-corrected chi connectivity index (χ2v) is 1.96. The average molecular weight is 133 g/mol. The van der Waals surface area contributed by atoms with Gasteiger partial charge in [0.1, 0.15) is 0 Å². The van der Waals surface area contributed by atoms with Crippen molar-refractivity contribution in [3.63, 3.8) is 0 Å². The van der Waals surface area contributed by atoms with E-state index in [0.29, 0.717) is 0 Å². The van der Waals surface area contributed by atoms with Gasteiger partial charge in [-0.25, -0.2) is 0 Å². The molecule has 0 saturated heterocycles. The molecule has 0 fully saturated rings. The molecule has 0 aliphatic heterocycles. The lowest BCUT2D eigenvalue weighted by Gasteiger charge is -1.80. The second kappa shape index (κ2) is 2.77. The van der Waals surface area contributed by atoms with Crippen molar-refractivity contribution >= 4 is 12.6 Å². The molecular formula is C5H8FNS. The molecule has 0 amide bonds. The van der Waals surface area contributed by atoms with Gasteiger partial charge in [-0.3, -0.25) is 4.70 Å². The van der Waals surface area contributed by atoms with Crippen molar-refractivity contribution in [2.45, 2.75) is 11.9 Å². The molecule has 0 atom stereocenters. The van der Waals surface area contributed by atoms with Crippen LogP contribution >= 0.6 is 12.6 Å². The van der Waals surface area contributed by atoms with Gasteiger partial charge in [0.2, 0.25) is 0 Å². The van der Waals surface area contributed by atoms with E-state index in [-0.39, 0.29) is 4.70 Å². The topological polar surface area (TPSA) is 15.8 Å². The maximum Gasteiger partial charge on any atom is 0.0720 e. The summed E-state index contributed by atoms with van der Waals surface area (Å²) in [6.45, 7) is 2.01. The first kappa shape index (κ1) is 7.56. The van der Waals surface area contributed by atoms with Gasteiger partial charge in [-0.05, 0) is 18.6 Å². The van der Waals surface area contributed by atoms with E-state index in [2.05, 4.69) is 17.6 Å². The van der Waals surface area contributed by atoms with E-state index >= 15 is 0 Å². The fraction of sp³-hybridized carbons (Fsp3) is 0.200. The molecular weight excluding hydrogens is 125 g/mol. The first-order valence-electron chi connectivity index (χ1n) is 2.13. The molecule has 1 N–H and O–H groups in total. The number of aryl methyl sites for hydroxylation is 1. The number of H-pyrrole nitrogens is 1. The molecule has 8 heavy (non-hydrogen) atoms. The Labute approximate surface area is 52.9 Å². The Bertz CT molecular complexity index is 145.